The van der Waals surface area contributed by atoms with Crippen LogP contribution in [-0.2, 0) is 6.42 Å². The van der Waals surface area contributed by atoms with Gasteiger partial charge in [-0.3, -0.25) is 4.79 Å². The summed E-state index contributed by atoms with van der Waals surface area (Å²) in [5.74, 6) is 0.594. The Bertz CT molecular complexity index is 725. The second-order valence-electron chi connectivity index (χ2n) is 6.66. The number of nitrogens with zero attached hydrogens (tertiary/aromatic N) is 2. The van der Waals surface area contributed by atoms with E-state index in [-0.39, 0.29) is 17.3 Å². The molecule has 1 amide bonds. The maximum atomic E-state index is 13.6. The van der Waals surface area contributed by atoms with E-state index in [1.165, 1.54) is 6.07 Å². The molecule has 0 radical (unpaired) electrons. The molecule has 0 spiro atoms. The molecule has 1 heterocycles. The molecule has 2 rings (SSSR count). The van der Waals surface area contributed by atoms with Crippen molar-refractivity contribution < 1.29 is 9.18 Å². The second-order valence-corrected chi connectivity index (χ2v) is 6.66. The first-order valence-electron chi connectivity index (χ1n) is 7.90. The maximum Gasteiger partial charge on any atom is 0.270 e. The number of rotatable bonds is 5. The van der Waals surface area contributed by atoms with E-state index in [1.54, 1.807) is 25.1 Å². The monoisotopic (exact) mass is 330 g/mol. The van der Waals surface area contributed by atoms with Crippen LogP contribution in [0.2, 0.25) is 0 Å². The fourth-order valence-electron chi connectivity index (χ4n) is 2.21. The lowest BCUT2D eigenvalue weighted by atomic mass is 10.1. The smallest absolute Gasteiger partial charge is 0.270 e. The SMILES string of the molecule is Cc1nc(NCCc2ccccc2F)cc(C(=O)NC(C)(C)C)n1. The number of nitrogens with one attached hydrogen (secondary N) is 2. The standard InChI is InChI=1S/C18H23FN4O/c1-12-21-15(17(24)23-18(2,3)4)11-16(22-12)20-10-9-13-7-5-6-8-14(13)19/h5-8,11H,9-10H2,1-4H3,(H,23,24)(H,20,21,22). The highest BCUT2D eigenvalue weighted by Gasteiger charge is 2.17. The van der Waals surface area contributed by atoms with Crippen LogP contribution in [0, 0.1) is 12.7 Å². The summed E-state index contributed by atoms with van der Waals surface area (Å²) in [6, 6.07) is 8.28. The zero-order chi connectivity index (χ0) is 17.7. The normalized spacial score (nSPS) is 11.2. The number of anilines is 1. The number of aromatic nitrogens is 2. The molecule has 24 heavy (non-hydrogen) atoms. The summed E-state index contributed by atoms with van der Waals surface area (Å²) in [6.45, 7) is 7.97. The highest BCUT2D eigenvalue weighted by atomic mass is 19.1. The molecular formula is C18H23FN4O. The molecule has 0 aliphatic rings. The Labute approximate surface area is 141 Å². The Balaban J connectivity index is 2.03. The van der Waals surface area contributed by atoms with Crippen molar-refractivity contribution in [3.8, 4) is 0 Å². The first-order valence-corrected chi connectivity index (χ1v) is 7.90. The average molecular weight is 330 g/mol. The van der Waals surface area contributed by atoms with Crippen LogP contribution in [0.1, 0.15) is 42.6 Å². The number of halogens is 1. The van der Waals surface area contributed by atoms with E-state index in [9.17, 15) is 9.18 Å². The van der Waals surface area contributed by atoms with Crippen molar-refractivity contribution in [2.75, 3.05) is 11.9 Å². The highest BCUT2D eigenvalue weighted by Crippen LogP contribution is 2.11. The first kappa shape index (κ1) is 17.8. The molecular weight excluding hydrogens is 307 g/mol. The number of benzene rings is 1. The minimum absolute atomic E-state index is 0.219. The third-order valence-electron chi connectivity index (χ3n) is 3.22. The zero-order valence-electron chi connectivity index (χ0n) is 14.5. The van der Waals surface area contributed by atoms with Gasteiger partial charge in [-0.1, -0.05) is 18.2 Å². The lowest BCUT2D eigenvalue weighted by molar-refractivity contribution is 0.0914. The molecule has 1 aromatic carbocycles. The van der Waals surface area contributed by atoms with E-state index in [4.69, 9.17) is 0 Å². The summed E-state index contributed by atoms with van der Waals surface area (Å²) in [4.78, 5) is 20.7. The number of hydrogen-bond acceptors (Lipinski definition) is 4. The fraction of sp³-hybridized carbons (Fsp3) is 0.389. The number of amides is 1. The molecule has 0 saturated carbocycles. The van der Waals surface area contributed by atoms with Crippen molar-refractivity contribution >= 4 is 11.7 Å². The summed E-state index contributed by atoms with van der Waals surface area (Å²) < 4.78 is 13.6. The van der Waals surface area contributed by atoms with Gasteiger partial charge in [0.2, 0.25) is 0 Å². The van der Waals surface area contributed by atoms with Crippen LogP contribution in [0.5, 0.6) is 0 Å². The predicted octanol–water partition coefficient (Wildman–Crippen LogP) is 3.11. The van der Waals surface area contributed by atoms with Crippen LogP contribution >= 0.6 is 0 Å². The molecule has 1 aromatic heterocycles. The zero-order valence-corrected chi connectivity index (χ0v) is 14.5. The molecule has 2 N–H and O–H groups in total. The van der Waals surface area contributed by atoms with Crippen molar-refractivity contribution in [2.24, 2.45) is 0 Å². The minimum atomic E-state index is -0.339. The van der Waals surface area contributed by atoms with Crippen molar-refractivity contribution in [3.05, 3.63) is 53.2 Å². The lowest BCUT2D eigenvalue weighted by Crippen LogP contribution is -2.41. The Kier molecular flexibility index (Phi) is 5.49. The van der Waals surface area contributed by atoms with E-state index >= 15 is 0 Å². The van der Waals surface area contributed by atoms with E-state index in [2.05, 4.69) is 20.6 Å². The minimum Gasteiger partial charge on any atom is -0.370 e. The fourth-order valence-corrected chi connectivity index (χ4v) is 2.21. The number of hydrogen-bond donors (Lipinski definition) is 2. The van der Waals surface area contributed by atoms with Gasteiger partial charge in [0, 0.05) is 18.2 Å². The van der Waals surface area contributed by atoms with E-state index in [1.807, 2.05) is 26.8 Å². The van der Waals surface area contributed by atoms with Crippen molar-refractivity contribution in [1.82, 2.24) is 15.3 Å². The summed E-state index contributed by atoms with van der Waals surface area (Å²) in [5.41, 5.74) is 0.612. The molecule has 2 aromatic rings. The van der Waals surface area contributed by atoms with Crippen LogP contribution in [-0.4, -0.2) is 28.0 Å². The van der Waals surface area contributed by atoms with Crippen LogP contribution in [0.15, 0.2) is 30.3 Å². The van der Waals surface area contributed by atoms with E-state index in [0.717, 1.165) is 0 Å². The van der Waals surface area contributed by atoms with Gasteiger partial charge in [0.15, 0.2) is 0 Å². The van der Waals surface area contributed by atoms with Crippen LogP contribution in [0.3, 0.4) is 0 Å². The Morgan fingerprint density at radius 2 is 1.92 bits per heavy atom. The van der Waals surface area contributed by atoms with Gasteiger partial charge in [0.1, 0.15) is 23.2 Å². The summed E-state index contributed by atoms with van der Waals surface area (Å²) >= 11 is 0. The third kappa shape index (κ3) is 5.30. The molecule has 0 unspecified atom stereocenters. The largest absolute Gasteiger partial charge is 0.370 e. The lowest BCUT2D eigenvalue weighted by Gasteiger charge is -2.20. The molecule has 0 saturated heterocycles. The topological polar surface area (TPSA) is 66.9 Å². The second kappa shape index (κ2) is 7.38. The van der Waals surface area contributed by atoms with Gasteiger partial charge < -0.3 is 10.6 Å². The summed E-state index contributed by atoms with van der Waals surface area (Å²) in [6.07, 6.45) is 0.527. The molecule has 0 aliphatic heterocycles. The quantitative estimate of drug-likeness (QED) is 0.884. The molecule has 128 valence electrons. The third-order valence-corrected chi connectivity index (χ3v) is 3.22. The Morgan fingerprint density at radius 1 is 1.21 bits per heavy atom. The molecule has 5 nitrogen and oxygen atoms in total. The van der Waals surface area contributed by atoms with Crippen LogP contribution < -0.4 is 10.6 Å². The molecule has 0 atom stereocenters. The van der Waals surface area contributed by atoms with Gasteiger partial charge >= 0.3 is 0 Å². The Hall–Kier alpha value is -2.50. The molecule has 0 aliphatic carbocycles. The maximum absolute atomic E-state index is 13.6. The summed E-state index contributed by atoms with van der Waals surface area (Å²) in [7, 11) is 0. The van der Waals surface area contributed by atoms with Gasteiger partial charge in [-0.25, -0.2) is 14.4 Å². The van der Waals surface area contributed by atoms with Crippen molar-refractivity contribution in [3.63, 3.8) is 0 Å². The molecule has 0 bridgehead atoms. The van der Waals surface area contributed by atoms with Gasteiger partial charge in [0.25, 0.3) is 5.91 Å². The summed E-state index contributed by atoms with van der Waals surface area (Å²) in [5, 5.41) is 5.99. The van der Waals surface area contributed by atoms with Crippen LogP contribution in [0.4, 0.5) is 10.2 Å². The van der Waals surface area contributed by atoms with Crippen LogP contribution in [0.25, 0.3) is 0 Å². The first-order chi connectivity index (χ1) is 11.2. The number of carbonyl (C=O) groups excluding carboxylic acids is 1. The van der Waals surface area contributed by atoms with Crippen molar-refractivity contribution in [1.29, 1.82) is 0 Å². The number of aryl methyl sites for hydroxylation is 1. The average Bonchev–Trinajstić information content (AvgIpc) is 2.47. The van der Waals surface area contributed by atoms with E-state index in [0.29, 0.717) is 35.9 Å². The van der Waals surface area contributed by atoms with Gasteiger partial charge in [0.05, 0.1) is 0 Å². The predicted molar refractivity (Wildman–Crippen MR) is 92.6 cm³/mol. The van der Waals surface area contributed by atoms with E-state index < -0.39 is 0 Å². The Morgan fingerprint density at radius 3 is 2.58 bits per heavy atom. The van der Waals surface area contributed by atoms with Gasteiger partial charge in [-0.15, -0.1) is 0 Å². The molecule has 6 heteroatoms. The van der Waals surface area contributed by atoms with Crippen molar-refractivity contribution in [2.45, 2.75) is 39.7 Å². The highest BCUT2D eigenvalue weighted by molar-refractivity contribution is 5.93. The number of carbonyl (C=O) groups is 1. The molecule has 0 fully saturated rings. The van der Waals surface area contributed by atoms with Gasteiger partial charge in [-0.2, -0.15) is 0 Å². The van der Waals surface area contributed by atoms with Gasteiger partial charge in [-0.05, 0) is 45.7 Å².